The summed E-state index contributed by atoms with van der Waals surface area (Å²) in [5.41, 5.74) is 3.65. The van der Waals surface area contributed by atoms with Crippen LogP contribution in [0.25, 0.3) is 11.0 Å². The van der Waals surface area contributed by atoms with E-state index in [0.29, 0.717) is 5.16 Å². The lowest BCUT2D eigenvalue weighted by Gasteiger charge is -2.16. The molecule has 0 saturated carbocycles. The number of hydrogen-bond donors (Lipinski definition) is 2. The van der Waals surface area contributed by atoms with Gasteiger partial charge in [0.25, 0.3) is 0 Å². The van der Waals surface area contributed by atoms with Gasteiger partial charge in [0.15, 0.2) is 5.16 Å². The van der Waals surface area contributed by atoms with Gasteiger partial charge in [0, 0.05) is 12.7 Å². The van der Waals surface area contributed by atoms with Crippen molar-refractivity contribution in [2.75, 3.05) is 24.7 Å². The molecule has 2 N–H and O–H groups in total. The third-order valence-electron chi connectivity index (χ3n) is 3.84. The van der Waals surface area contributed by atoms with Gasteiger partial charge in [-0.05, 0) is 31.2 Å². The predicted octanol–water partition coefficient (Wildman–Crippen LogP) is 3.06. The zero-order valence-electron chi connectivity index (χ0n) is 14.7. The van der Waals surface area contributed by atoms with Gasteiger partial charge in [0.2, 0.25) is 11.8 Å². The average Bonchev–Trinajstić information content (AvgIpc) is 3.04. The van der Waals surface area contributed by atoms with E-state index in [1.165, 1.54) is 16.7 Å². The van der Waals surface area contributed by atoms with E-state index in [2.05, 4.69) is 15.3 Å². The first-order valence-corrected chi connectivity index (χ1v) is 9.18. The molecule has 0 aliphatic rings. The molecule has 0 aliphatic carbocycles. The predicted molar refractivity (Wildman–Crippen MR) is 104 cm³/mol. The number of imidazole rings is 1. The van der Waals surface area contributed by atoms with E-state index in [4.69, 9.17) is 0 Å². The van der Waals surface area contributed by atoms with E-state index < -0.39 is 0 Å². The second-order valence-corrected chi connectivity index (χ2v) is 6.98. The fourth-order valence-electron chi connectivity index (χ4n) is 2.38. The van der Waals surface area contributed by atoms with Crippen LogP contribution in [0.1, 0.15) is 5.56 Å². The number of aromatic amines is 1. The van der Waals surface area contributed by atoms with Gasteiger partial charge in [-0.1, -0.05) is 41.6 Å². The largest absolute Gasteiger partial charge is 0.336 e. The normalized spacial score (nSPS) is 10.7. The molecular formula is C19H20N4O2S. The van der Waals surface area contributed by atoms with E-state index in [1.807, 2.05) is 55.5 Å². The van der Waals surface area contributed by atoms with Crippen LogP contribution in [0.15, 0.2) is 53.7 Å². The van der Waals surface area contributed by atoms with Crippen molar-refractivity contribution in [3.05, 3.63) is 54.1 Å². The molecule has 134 valence electrons. The van der Waals surface area contributed by atoms with Crippen LogP contribution in [-0.2, 0) is 9.59 Å². The Labute approximate surface area is 156 Å². The molecule has 0 spiro atoms. The molecule has 26 heavy (non-hydrogen) atoms. The second-order valence-electron chi connectivity index (χ2n) is 6.01. The Hall–Kier alpha value is -2.80. The summed E-state index contributed by atoms with van der Waals surface area (Å²) in [5, 5.41) is 3.48. The number of carbonyl (C=O) groups excluding carboxylic acids is 2. The van der Waals surface area contributed by atoms with Crippen LogP contribution in [-0.4, -0.2) is 46.0 Å². The maximum absolute atomic E-state index is 12.2. The summed E-state index contributed by atoms with van der Waals surface area (Å²) in [4.78, 5) is 33.3. The molecule has 2 amide bonds. The van der Waals surface area contributed by atoms with Crippen LogP contribution in [0.4, 0.5) is 5.69 Å². The molecule has 3 aromatic rings. The van der Waals surface area contributed by atoms with Crippen molar-refractivity contribution in [1.82, 2.24) is 14.9 Å². The number of aryl methyl sites for hydroxylation is 1. The molecule has 1 heterocycles. The molecule has 0 fully saturated rings. The van der Waals surface area contributed by atoms with Crippen molar-refractivity contribution in [3.8, 4) is 0 Å². The van der Waals surface area contributed by atoms with Gasteiger partial charge in [-0.3, -0.25) is 9.59 Å². The number of hydrogen-bond acceptors (Lipinski definition) is 4. The first-order valence-electron chi connectivity index (χ1n) is 8.19. The number of benzene rings is 2. The summed E-state index contributed by atoms with van der Waals surface area (Å²) >= 11 is 1.33. The number of para-hydroxylation sites is 2. The Bertz CT molecular complexity index is 888. The number of fused-ring (bicyclic) bond motifs is 1. The highest BCUT2D eigenvalue weighted by atomic mass is 32.2. The van der Waals surface area contributed by atoms with Gasteiger partial charge in [-0.2, -0.15) is 0 Å². The fraction of sp³-hybridized carbons (Fsp3) is 0.211. The highest BCUT2D eigenvalue weighted by Crippen LogP contribution is 2.19. The van der Waals surface area contributed by atoms with Crippen LogP contribution >= 0.6 is 11.8 Å². The smallest absolute Gasteiger partial charge is 0.243 e. The minimum absolute atomic E-state index is 0.00734. The lowest BCUT2D eigenvalue weighted by molar-refractivity contribution is -0.131. The van der Waals surface area contributed by atoms with E-state index in [0.717, 1.165) is 22.3 Å². The molecule has 0 atom stereocenters. The maximum Gasteiger partial charge on any atom is 0.243 e. The number of amides is 2. The molecule has 6 nitrogen and oxygen atoms in total. The first-order chi connectivity index (χ1) is 12.5. The van der Waals surface area contributed by atoms with Crippen LogP contribution in [0, 0.1) is 6.92 Å². The minimum Gasteiger partial charge on any atom is -0.336 e. The minimum atomic E-state index is -0.224. The molecule has 0 bridgehead atoms. The number of nitrogens with zero attached hydrogens (tertiary/aromatic N) is 2. The molecule has 0 unspecified atom stereocenters. The number of H-pyrrole nitrogens is 1. The summed E-state index contributed by atoms with van der Waals surface area (Å²) in [6, 6.07) is 15.2. The Morgan fingerprint density at radius 2 is 1.88 bits per heavy atom. The third kappa shape index (κ3) is 4.64. The molecule has 0 aliphatic heterocycles. The van der Waals surface area contributed by atoms with Gasteiger partial charge in [-0.25, -0.2) is 4.98 Å². The van der Waals surface area contributed by atoms with Crippen LogP contribution in [0.2, 0.25) is 0 Å². The quantitative estimate of drug-likeness (QED) is 0.656. The fourth-order valence-corrected chi connectivity index (χ4v) is 3.20. The van der Waals surface area contributed by atoms with Crippen LogP contribution < -0.4 is 5.32 Å². The molecule has 0 radical (unpaired) electrons. The number of nitrogens with one attached hydrogen (secondary N) is 2. The number of rotatable bonds is 6. The van der Waals surface area contributed by atoms with Crippen LogP contribution in [0.3, 0.4) is 0 Å². The third-order valence-corrected chi connectivity index (χ3v) is 4.70. The topological polar surface area (TPSA) is 78.1 Å². The van der Waals surface area contributed by atoms with E-state index in [-0.39, 0.29) is 24.1 Å². The van der Waals surface area contributed by atoms with E-state index in [9.17, 15) is 9.59 Å². The van der Waals surface area contributed by atoms with Crippen molar-refractivity contribution in [2.24, 2.45) is 0 Å². The lowest BCUT2D eigenvalue weighted by Crippen LogP contribution is -2.35. The van der Waals surface area contributed by atoms with Crippen molar-refractivity contribution in [1.29, 1.82) is 0 Å². The Balaban J connectivity index is 1.49. The maximum atomic E-state index is 12.2. The number of thioether (sulfide) groups is 1. The number of aromatic nitrogens is 2. The second kappa shape index (κ2) is 8.05. The summed E-state index contributed by atoms with van der Waals surface area (Å²) in [6.45, 7) is 1.99. The average molecular weight is 368 g/mol. The Morgan fingerprint density at radius 1 is 1.15 bits per heavy atom. The van der Waals surface area contributed by atoms with Crippen molar-refractivity contribution < 1.29 is 9.59 Å². The highest BCUT2D eigenvalue weighted by Gasteiger charge is 2.14. The summed E-state index contributed by atoms with van der Waals surface area (Å²) < 4.78 is 0. The molecule has 0 saturated heterocycles. The van der Waals surface area contributed by atoms with E-state index >= 15 is 0 Å². The molecular weight excluding hydrogens is 348 g/mol. The Kier molecular flexibility index (Phi) is 5.58. The summed E-state index contributed by atoms with van der Waals surface area (Å²) in [5.74, 6) is -0.137. The number of carbonyl (C=O) groups is 2. The molecule has 1 aromatic heterocycles. The Morgan fingerprint density at radius 3 is 2.62 bits per heavy atom. The SMILES string of the molecule is Cc1ccc(NC(=O)CN(C)C(=O)CSc2nc3ccccc3[nH]2)cc1. The van der Waals surface area contributed by atoms with Gasteiger partial charge in [0.1, 0.15) is 0 Å². The van der Waals surface area contributed by atoms with Crippen molar-refractivity contribution >= 4 is 40.3 Å². The first kappa shape index (κ1) is 18.0. The lowest BCUT2D eigenvalue weighted by atomic mass is 10.2. The zero-order valence-corrected chi connectivity index (χ0v) is 15.5. The summed E-state index contributed by atoms with van der Waals surface area (Å²) in [7, 11) is 1.62. The molecule has 3 rings (SSSR count). The zero-order chi connectivity index (χ0) is 18.5. The standard InChI is InChI=1S/C19H20N4O2S/c1-13-7-9-14(10-8-13)20-17(24)11-23(2)18(25)12-26-19-21-15-5-3-4-6-16(15)22-19/h3-10H,11-12H2,1-2H3,(H,20,24)(H,21,22). The molecule has 2 aromatic carbocycles. The number of anilines is 1. The van der Waals surface area contributed by atoms with Gasteiger partial charge in [0.05, 0.1) is 23.3 Å². The van der Waals surface area contributed by atoms with Crippen molar-refractivity contribution in [2.45, 2.75) is 12.1 Å². The van der Waals surface area contributed by atoms with Gasteiger partial charge in [-0.15, -0.1) is 0 Å². The van der Waals surface area contributed by atoms with Crippen LogP contribution in [0.5, 0.6) is 0 Å². The van der Waals surface area contributed by atoms with Gasteiger partial charge < -0.3 is 15.2 Å². The molecule has 7 heteroatoms. The highest BCUT2D eigenvalue weighted by molar-refractivity contribution is 7.99. The summed E-state index contributed by atoms with van der Waals surface area (Å²) in [6.07, 6.45) is 0. The van der Waals surface area contributed by atoms with Gasteiger partial charge >= 0.3 is 0 Å². The monoisotopic (exact) mass is 368 g/mol. The van der Waals surface area contributed by atoms with Crippen molar-refractivity contribution in [3.63, 3.8) is 0 Å². The number of likely N-dealkylation sites (N-methyl/N-ethyl adjacent to an activating group) is 1. The van der Waals surface area contributed by atoms with E-state index in [1.54, 1.807) is 7.05 Å².